The quantitative estimate of drug-likeness (QED) is 0.772. The molecule has 15 heavy (non-hydrogen) atoms. The van der Waals surface area contributed by atoms with Crippen LogP contribution in [0.1, 0.15) is 21.8 Å². The molecule has 1 N–H and O–H groups in total. The fourth-order valence-corrected chi connectivity index (χ4v) is 1.32. The minimum Gasteiger partial charge on any atom is -0.508 e. The Kier molecular flexibility index (Phi) is 2.49. The lowest BCUT2D eigenvalue weighted by molar-refractivity contribution is 0.111. The normalized spacial score (nSPS) is 10.1. The highest BCUT2D eigenvalue weighted by molar-refractivity contribution is 5.71. The second kappa shape index (κ2) is 3.96. The summed E-state index contributed by atoms with van der Waals surface area (Å²) in [4.78, 5) is 10.4. The molecule has 0 fully saturated rings. The number of rotatable bonds is 3. The summed E-state index contributed by atoms with van der Waals surface area (Å²) in [6.07, 6.45) is 1.05. The van der Waals surface area contributed by atoms with Crippen LogP contribution in [0.15, 0.2) is 34.9 Å². The molecule has 1 heterocycles. The molecule has 0 radical (unpaired) electrons. The average Bonchev–Trinajstić information content (AvgIpc) is 2.69. The van der Waals surface area contributed by atoms with E-state index < -0.39 is 0 Å². The first kappa shape index (κ1) is 9.45. The molecule has 0 saturated heterocycles. The van der Waals surface area contributed by atoms with Crippen LogP contribution in [0.3, 0.4) is 0 Å². The summed E-state index contributed by atoms with van der Waals surface area (Å²) in [6, 6.07) is 8.52. The SMILES string of the molecule is O=Cc1cc(Cc2ccccc2O)on1. The maximum atomic E-state index is 10.4. The van der Waals surface area contributed by atoms with Crippen molar-refractivity contribution in [2.45, 2.75) is 6.42 Å². The van der Waals surface area contributed by atoms with Crippen LogP contribution in [0, 0.1) is 0 Å². The van der Waals surface area contributed by atoms with Gasteiger partial charge >= 0.3 is 0 Å². The van der Waals surface area contributed by atoms with Crippen LogP contribution < -0.4 is 0 Å². The molecule has 4 nitrogen and oxygen atoms in total. The highest BCUT2D eigenvalue weighted by atomic mass is 16.5. The van der Waals surface area contributed by atoms with Crippen LogP contribution >= 0.6 is 0 Å². The van der Waals surface area contributed by atoms with E-state index in [1.165, 1.54) is 0 Å². The third-order valence-corrected chi connectivity index (χ3v) is 2.05. The molecule has 0 aliphatic carbocycles. The highest BCUT2D eigenvalue weighted by Crippen LogP contribution is 2.19. The first-order valence-electron chi connectivity index (χ1n) is 4.47. The predicted octanol–water partition coefficient (Wildman–Crippen LogP) is 1.78. The summed E-state index contributed by atoms with van der Waals surface area (Å²) < 4.78 is 4.92. The van der Waals surface area contributed by atoms with E-state index in [-0.39, 0.29) is 11.4 Å². The number of aromatic hydroxyl groups is 1. The van der Waals surface area contributed by atoms with Crippen molar-refractivity contribution >= 4 is 6.29 Å². The summed E-state index contributed by atoms with van der Waals surface area (Å²) in [5.41, 5.74) is 1.01. The number of phenolic OH excluding ortho intramolecular Hbond substituents is 1. The van der Waals surface area contributed by atoms with Crippen molar-refractivity contribution in [3.63, 3.8) is 0 Å². The summed E-state index contributed by atoms with van der Waals surface area (Å²) in [5, 5.41) is 13.0. The maximum Gasteiger partial charge on any atom is 0.171 e. The van der Waals surface area contributed by atoms with E-state index in [0.29, 0.717) is 18.5 Å². The number of carbonyl (C=O) groups excluding carboxylic acids is 1. The molecule has 76 valence electrons. The Bertz CT molecular complexity index is 476. The molecule has 0 spiro atoms. The zero-order chi connectivity index (χ0) is 10.7. The fraction of sp³-hybridized carbons (Fsp3) is 0.0909. The molecule has 0 amide bonds. The van der Waals surface area contributed by atoms with Gasteiger partial charge in [0.1, 0.15) is 17.2 Å². The second-order valence-electron chi connectivity index (χ2n) is 3.14. The van der Waals surface area contributed by atoms with Crippen molar-refractivity contribution in [2.75, 3.05) is 0 Å². The van der Waals surface area contributed by atoms with Crippen LogP contribution in [0.5, 0.6) is 5.75 Å². The van der Waals surface area contributed by atoms with Crippen molar-refractivity contribution in [1.82, 2.24) is 5.16 Å². The molecule has 1 aromatic carbocycles. The number of phenols is 1. The van der Waals surface area contributed by atoms with Gasteiger partial charge in [0, 0.05) is 18.1 Å². The lowest BCUT2D eigenvalue weighted by Crippen LogP contribution is -1.85. The minimum atomic E-state index is 0.210. The van der Waals surface area contributed by atoms with Crippen LogP contribution in [0.25, 0.3) is 0 Å². The smallest absolute Gasteiger partial charge is 0.171 e. The van der Waals surface area contributed by atoms with Gasteiger partial charge in [0.15, 0.2) is 6.29 Å². The first-order chi connectivity index (χ1) is 7.29. The lowest BCUT2D eigenvalue weighted by Gasteiger charge is -1.99. The predicted molar refractivity (Wildman–Crippen MR) is 52.8 cm³/mol. The molecule has 0 aliphatic heterocycles. The van der Waals surface area contributed by atoms with Gasteiger partial charge in [-0.05, 0) is 6.07 Å². The lowest BCUT2D eigenvalue weighted by atomic mass is 10.1. The van der Waals surface area contributed by atoms with Crippen molar-refractivity contribution in [3.05, 3.63) is 47.3 Å². The summed E-state index contributed by atoms with van der Waals surface area (Å²) in [6.45, 7) is 0. The largest absolute Gasteiger partial charge is 0.508 e. The van der Waals surface area contributed by atoms with Gasteiger partial charge in [-0.25, -0.2) is 0 Å². The number of para-hydroxylation sites is 1. The third-order valence-electron chi connectivity index (χ3n) is 2.05. The summed E-state index contributed by atoms with van der Waals surface area (Å²) in [5.74, 6) is 0.764. The van der Waals surface area contributed by atoms with Gasteiger partial charge in [-0.1, -0.05) is 23.4 Å². The summed E-state index contributed by atoms with van der Waals surface area (Å²) >= 11 is 0. The second-order valence-corrected chi connectivity index (χ2v) is 3.14. The topological polar surface area (TPSA) is 63.3 Å². The monoisotopic (exact) mass is 203 g/mol. The maximum absolute atomic E-state index is 10.4. The van der Waals surface area contributed by atoms with E-state index >= 15 is 0 Å². The Hall–Kier alpha value is -2.10. The van der Waals surface area contributed by atoms with E-state index in [4.69, 9.17) is 4.52 Å². The van der Waals surface area contributed by atoms with Gasteiger partial charge in [-0.3, -0.25) is 4.79 Å². The van der Waals surface area contributed by atoms with Crippen molar-refractivity contribution in [1.29, 1.82) is 0 Å². The molecule has 4 heteroatoms. The van der Waals surface area contributed by atoms with Crippen LogP contribution in [0.4, 0.5) is 0 Å². The zero-order valence-electron chi connectivity index (χ0n) is 7.88. The van der Waals surface area contributed by atoms with Gasteiger partial charge in [0.05, 0.1) is 0 Å². The highest BCUT2D eigenvalue weighted by Gasteiger charge is 2.06. The number of benzene rings is 1. The summed E-state index contributed by atoms with van der Waals surface area (Å²) in [7, 11) is 0. The number of hydrogen-bond donors (Lipinski definition) is 1. The number of nitrogens with zero attached hydrogens (tertiary/aromatic N) is 1. The number of carbonyl (C=O) groups is 1. The molecular weight excluding hydrogens is 194 g/mol. The van der Waals surface area contributed by atoms with Gasteiger partial charge in [0.2, 0.25) is 0 Å². The van der Waals surface area contributed by atoms with E-state index in [1.54, 1.807) is 24.3 Å². The molecular formula is C11H9NO3. The average molecular weight is 203 g/mol. The van der Waals surface area contributed by atoms with E-state index in [1.807, 2.05) is 6.07 Å². The fourth-order valence-electron chi connectivity index (χ4n) is 1.32. The number of aldehydes is 1. The molecule has 0 bridgehead atoms. The Morgan fingerprint density at radius 1 is 1.40 bits per heavy atom. The third kappa shape index (κ3) is 2.04. The molecule has 0 saturated carbocycles. The molecule has 2 rings (SSSR count). The number of aromatic nitrogens is 1. The molecule has 2 aromatic rings. The Balaban J connectivity index is 2.22. The van der Waals surface area contributed by atoms with Gasteiger partial charge < -0.3 is 9.63 Å². The zero-order valence-corrected chi connectivity index (χ0v) is 7.88. The Labute approximate surface area is 86.1 Å². The van der Waals surface area contributed by atoms with Crippen LogP contribution in [-0.4, -0.2) is 16.5 Å². The first-order valence-corrected chi connectivity index (χ1v) is 4.47. The number of hydrogen-bond acceptors (Lipinski definition) is 4. The molecule has 0 unspecified atom stereocenters. The van der Waals surface area contributed by atoms with Crippen LogP contribution in [-0.2, 0) is 6.42 Å². The molecule has 0 aliphatic rings. The van der Waals surface area contributed by atoms with Crippen molar-refractivity contribution < 1.29 is 14.4 Å². The Morgan fingerprint density at radius 3 is 2.87 bits per heavy atom. The van der Waals surface area contributed by atoms with E-state index in [2.05, 4.69) is 5.16 Å². The molecule has 0 atom stereocenters. The minimum absolute atomic E-state index is 0.210. The standard InChI is InChI=1S/C11H9NO3/c13-7-9-6-10(15-12-9)5-8-3-1-2-4-11(8)14/h1-4,6-7,14H,5H2. The van der Waals surface area contributed by atoms with E-state index in [9.17, 15) is 9.90 Å². The van der Waals surface area contributed by atoms with Crippen molar-refractivity contribution in [2.24, 2.45) is 0 Å². The van der Waals surface area contributed by atoms with Gasteiger partial charge in [-0.2, -0.15) is 0 Å². The van der Waals surface area contributed by atoms with Gasteiger partial charge in [-0.15, -0.1) is 0 Å². The van der Waals surface area contributed by atoms with Crippen LogP contribution in [0.2, 0.25) is 0 Å². The van der Waals surface area contributed by atoms with Crippen molar-refractivity contribution in [3.8, 4) is 5.75 Å². The Morgan fingerprint density at radius 2 is 2.20 bits per heavy atom. The van der Waals surface area contributed by atoms with Gasteiger partial charge in [0.25, 0.3) is 0 Å². The van der Waals surface area contributed by atoms with E-state index in [0.717, 1.165) is 5.56 Å². The molecule has 1 aromatic heterocycles.